The summed E-state index contributed by atoms with van der Waals surface area (Å²) in [5, 5.41) is 4.54. The van der Waals surface area contributed by atoms with Gasteiger partial charge in [0, 0.05) is 44.1 Å². The fraction of sp³-hybridized carbons (Fsp3) is 0.125. The summed E-state index contributed by atoms with van der Waals surface area (Å²) in [6, 6.07) is 19.3. The molecule has 0 saturated heterocycles. The number of thiazole rings is 1. The zero-order valence-electron chi connectivity index (χ0n) is 16.8. The molecule has 1 amide bonds. The molecule has 2 heterocycles. The molecule has 1 N–H and O–H groups in total. The van der Waals surface area contributed by atoms with Crippen molar-refractivity contribution in [1.82, 2.24) is 15.3 Å². The lowest BCUT2D eigenvalue weighted by Gasteiger charge is -2.05. The Morgan fingerprint density at radius 1 is 1.10 bits per heavy atom. The molecule has 0 radical (unpaired) electrons. The molecule has 0 saturated carbocycles. The van der Waals surface area contributed by atoms with Gasteiger partial charge in [0.15, 0.2) is 0 Å². The number of pyridine rings is 1. The van der Waals surface area contributed by atoms with Crippen molar-refractivity contribution in [2.45, 2.75) is 24.1 Å². The normalized spacial score (nSPS) is 10.8. The summed E-state index contributed by atoms with van der Waals surface area (Å²) in [7, 11) is 0. The molecule has 31 heavy (non-hydrogen) atoms. The van der Waals surface area contributed by atoms with Crippen molar-refractivity contribution in [1.29, 1.82) is 0 Å². The first-order chi connectivity index (χ1) is 15.1. The fourth-order valence-corrected chi connectivity index (χ4v) is 4.87. The monoisotopic (exact) mass is 465 g/mol. The number of carbonyl (C=O) groups excluding carboxylic acids is 1. The molecule has 0 aliphatic heterocycles. The fourth-order valence-electron chi connectivity index (χ4n) is 3.01. The average molecular weight is 466 g/mol. The second-order valence-corrected chi connectivity index (χ2v) is 9.65. The lowest BCUT2D eigenvalue weighted by atomic mass is 10.1. The van der Waals surface area contributed by atoms with Gasteiger partial charge in [-0.25, -0.2) is 4.98 Å². The van der Waals surface area contributed by atoms with E-state index in [2.05, 4.69) is 16.4 Å². The lowest BCUT2D eigenvalue weighted by molar-refractivity contribution is 0.0951. The van der Waals surface area contributed by atoms with Crippen molar-refractivity contribution in [3.63, 3.8) is 0 Å². The third kappa shape index (κ3) is 5.73. The number of aryl methyl sites for hydroxylation is 1. The predicted octanol–water partition coefficient (Wildman–Crippen LogP) is 6.39. The topological polar surface area (TPSA) is 54.9 Å². The highest BCUT2D eigenvalue weighted by Crippen LogP contribution is 2.28. The average Bonchev–Trinajstić information content (AvgIpc) is 3.18. The van der Waals surface area contributed by atoms with Gasteiger partial charge in [0.05, 0.1) is 12.2 Å². The number of hydrogen-bond donors (Lipinski definition) is 1. The number of hydrogen-bond acceptors (Lipinski definition) is 5. The van der Waals surface area contributed by atoms with Crippen LogP contribution >= 0.6 is 34.7 Å². The summed E-state index contributed by atoms with van der Waals surface area (Å²) in [4.78, 5) is 23.6. The first-order valence-electron chi connectivity index (χ1n) is 9.71. The third-order valence-electron chi connectivity index (χ3n) is 4.60. The van der Waals surface area contributed by atoms with Gasteiger partial charge < -0.3 is 5.32 Å². The number of rotatable bonds is 7. The van der Waals surface area contributed by atoms with E-state index in [9.17, 15) is 4.79 Å². The van der Waals surface area contributed by atoms with Crippen LogP contribution in [0.4, 0.5) is 0 Å². The van der Waals surface area contributed by atoms with E-state index in [-0.39, 0.29) is 5.91 Å². The van der Waals surface area contributed by atoms with E-state index in [0.29, 0.717) is 17.1 Å². The largest absolute Gasteiger partial charge is 0.346 e. The second kappa shape index (κ2) is 10.1. The molecule has 0 atom stereocenters. The van der Waals surface area contributed by atoms with Crippen LogP contribution in [0.5, 0.6) is 0 Å². The van der Waals surface area contributed by atoms with Crippen LogP contribution in [-0.2, 0) is 12.3 Å². The van der Waals surface area contributed by atoms with Crippen molar-refractivity contribution in [3.05, 3.63) is 99.1 Å². The van der Waals surface area contributed by atoms with Crippen LogP contribution in [0.15, 0.2) is 78.0 Å². The number of aromatic nitrogens is 2. The molecule has 7 heteroatoms. The summed E-state index contributed by atoms with van der Waals surface area (Å²) >= 11 is 9.28. The molecule has 0 aliphatic rings. The highest BCUT2D eigenvalue weighted by atomic mass is 35.5. The van der Waals surface area contributed by atoms with Crippen LogP contribution in [0.25, 0.3) is 11.3 Å². The Hall–Kier alpha value is -2.67. The summed E-state index contributed by atoms with van der Waals surface area (Å²) in [6.45, 7) is 2.43. The van der Waals surface area contributed by atoms with E-state index >= 15 is 0 Å². The van der Waals surface area contributed by atoms with Gasteiger partial charge in [-0.2, -0.15) is 0 Å². The Balaban J connectivity index is 1.33. The maximum Gasteiger partial charge on any atom is 0.251 e. The second-order valence-electron chi connectivity index (χ2n) is 6.88. The lowest BCUT2D eigenvalue weighted by Crippen LogP contribution is -2.22. The molecule has 156 valence electrons. The van der Waals surface area contributed by atoms with Crippen molar-refractivity contribution in [2.24, 2.45) is 0 Å². The van der Waals surface area contributed by atoms with Crippen LogP contribution < -0.4 is 5.32 Å². The molecule has 0 fully saturated rings. The van der Waals surface area contributed by atoms with Gasteiger partial charge in [-0.3, -0.25) is 9.78 Å². The first-order valence-corrected chi connectivity index (χ1v) is 11.9. The van der Waals surface area contributed by atoms with E-state index in [0.717, 1.165) is 31.8 Å². The molecule has 2 aromatic heterocycles. The van der Waals surface area contributed by atoms with Gasteiger partial charge >= 0.3 is 0 Å². The Bertz CT molecular complexity index is 1160. The summed E-state index contributed by atoms with van der Waals surface area (Å²) in [5.74, 6) is 0.739. The number of benzene rings is 2. The van der Waals surface area contributed by atoms with E-state index in [1.54, 1.807) is 29.3 Å². The minimum Gasteiger partial charge on any atom is -0.346 e. The van der Waals surface area contributed by atoms with Crippen molar-refractivity contribution < 1.29 is 4.79 Å². The van der Waals surface area contributed by atoms with Crippen molar-refractivity contribution >= 4 is 40.6 Å². The Kier molecular flexibility index (Phi) is 7.02. The number of nitrogens with zero attached hydrogens (tertiary/aromatic N) is 2. The summed E-state index contributed by atoms with van der Waals surface area (Å²) in [5.41, 5.74) is 3.76. The summed E-state index contributed by atoms with van der Waals surface area (Å²) in [6.07, 6.45) is 3.64. The van der Waals surface area contributed by atoms with E-state index in [1.807, 2.05) is 67.7 Å². The van der Waals surface area contributed by atoms with Crippen LogP contribution in [0.1, 0.15) is 25.8 Å². The maximum atomic E-state index is 12.5. The smallest absolute Gasteiger partial charge is 0.251 e. The maximum absolute atomic E-state index is 12.5. The Morgan fingerprint density at radius 2 is 1.87 bits per heavy atom. The minimum absolute atomic E-state index is 0.107. The predicted molar refractivity (Wildman–Crippen MR) is 129 cm³/mol. The SMILES string of the molecule is Cc1sc(CNC(=O)c2ccc(SCc3cccnc3)cc2)nc1-c1ccc(Cl)cc1. The third-order valence-corrected chi connectivity index (χ3v) is 6.91. The zero-order chi connectivity index (χ0) is 21.6. The number of halogens is 1. The van der Waals surface area contributed by atoms with Crippen molar-refractivity contribution in [2.75, 3.05) is 0 Å². The Morgan fingerprint density at radius 3 is 2.58 bits per heavy atom. The van der Waals surface area contributed by atoms with E-state index < -0.39 is 0 Å². The molecule has 0 aliphatic carbocycles. The quantitative estimate of drug-likeness (QED) is 0.321. The molecule has 4 nitrogen and oxygen atoms in total. The molecule has 0 spiro atoms. The molecule has 0 unspecified atom stereocenters. The first kappa shape index (κ1) is 21.6. The molecule has 4 rings (SSSR count). The van der Waals surface area contributed by atoms with E-state index in [1.165, 1.54) is 5.56 Å². The number of carbonyl (C=O) groups is 1. The van der Waals surface area contributed by atoms with E-state index in [4.69, 9.17) is 16.6 Å². The number of thioether (sulfide) groups is 1. The highest BCUT2D eigenvalue weighted by molar-refractivity contribution is 7.98. The van der Waals surface area contributed by atoms with Gasteiger partial charge in [0.25, 0.3) is 5.91 Å². The molecular formula is C24H20ClN3OS2. The van der Waals surface area contributed by atoms with Gasteiger partial charge in [-0.1, -0.05) is 29.8 Å². The minimum atomic E-state index is -0.107. The standard InChI is InChI=1S/C24H20ClN3OS2/c1-16-23(18-4-8-20(25)9-5-18)28-22(31-16)14-27-24(29)19-6-10-21(11-7-19)30-15-17-3-2-12-26-13-17/h2-13H,14-15H2,1H3,(H,27,29). The molecule has 4 aromatic rings. The van der Waals surface area contributed by atoms with Gasteiger partial charge in [0.2, 0.25) is 0 Å². The van der Waals surface area contributed by atoms with Crippen LogP contribution in [0, 0.1) is 6.92 Å². The van der Waals surface area contributed by atoms with Crippen LogP contribution in [0.3, 0.4) is 0 Å². The van der Waals surface area contributed by atoms with Gasteiger partial charge in [0.1, 0.15) is 5.01 Å². The summed E-state index contributed by atoms with van der Waals surface area (Å²) < 4.78 is 0. The number of nitrogens with one attached hydrogen (secondary N) is 1. The van der Waals surface area contributed by atoms with Gasteiger partial charge in [-0.15, -0.1) is 23.1 Å². The number of amides is 1. The van der Waals surface area contributed by atoms with Crippen LogP contribution in [-0.4, -0.2) is 15.9 Å². The van der Waals surface area contributed by atoms with Gasteiger partial charge in [-0.05, 0) is 55.0 Å². The van der Waals surface area contributed by atoms with Crippen LogP contribution in [0.2, 0.25) is 5.02 Å². The molecule has 2 aromatic carbocycles. The van der Waals surface area contributed by atoms with Crippen molar-refractivity contribution in [3.8, 4) is 11.3 Å². The molecular weight excluding hydrogens is 446 g/mol. The zero-order valence-corrected chi connectivity index (χ0v) is 19.2. The Labute approximate surface area is 194 Å². The molecule has 0 bridgehead atoms. The highest BCUT2D eigenvalue weighted by Gasteiger charge is 2.12.